The molecule has 1 fully saturated rings. The van der Waals surface area contributed by atoms with Gasteiger partial charge in [0.2, 0.25) is 0 Å². The minimum atomic E-state index is -4.31. The molecular formula is C18H19F3N2. The highest BCUT2D eigenvalue weighted by molar-refractivity contribution is 5.69. The van der Waals surface area contributed by atoms with E-state index >= 15 is 0 Å². The van der Waals surface area contributed by atoms with Crippen LogP contribution >= 0.6 is 0 Å². The normalized spacial score (nSPS) is 16.6. The van der Waals surface area contributed by atoms with E-state index in [1.54, 1.807) is 6.07 Å². The molecule has 0 saturated carbocycles. The predicted molar refractivity (Wildman–Crippen MR) is 86.6 cm³/mol. The molecule has 0 spiro atoms. The van der Waals surface area contributed by atoms with Gasteiger partial charge in [0.15, 0.2) is 0 Å². The molecule has 0 N–H and O–H groups in total. The second-order valence-corrected chi connectivity index (χ2v) is 5.92. The molecule has 2 aromatic rings. The Labute approximate surface area is 134 Å². The molecule has 3 rings (SSSR count). The standard InChI is InChI=1S/C18H19F3N2/c1-22-8-10-23(11-9-22)17-7-3-5-15(13-17)14-4-2-6-16(12-14)18(19,20)21/h2-7,12-13H,8-11H2,1H3. The Hall–Kier alpha value is -2.01. The van der Waals surface area contributed by atoms with Gasteiger partial charge in [-0.2, -0.15) is 13.2 Å². The summed E-state index contributed by atoms with van der Waals surface area (Å²) in [6, 6.07) is 13.2. The number of rotatable bonds is 2. The van der Waals surface area contributed by atoms with Gasteiger partial charge in [-0.3, -0.25) is 0 Å². The highest BCUT2D eigenvalue weighted by Gasteiger charge is 2.30. The largest absolute Gasteiger partial charge is 0.416 e. The van der Waals surface area contributed by atoms with Crippen molar-refractivity contribution in [1.29, 1.82) is 0 Å². The molecule has 23 heavy (non-hydrogen) atoms. The van der Waals surface area contributed by atoms with E-state index in [-0.39, 0.29) is 0 Å². The first kappa shape index (κ1) is 15.9. The van der Waals surface area contributed by atoms with Crippen LogP contribution in [0.1, 0.15) is 5.56 Å². The number of hydrogen-bond donors (Lipinski definition) is 0. The zero-order valence-electron chi connectivity index (χ0n) is 13.0. The summed E-state index contributed by atoms with van der Waals surface area (Å²) in [6.45, 7) is 3.85. The van der Waals surface area contributed by atoms with Crippen molar-refractivity contribution in [2.45, 2.75) is 6.18 Å². The Morgan fingerprint density at radius 1 is 0.826 bits per heavy atom. The number of likely N-dealkylation sites (N-methyl/N-ethyl adjacent to an activating group) is 1. The zero-order valence-corrected chi connectivity index (χ0v) is 13.0. The van der Waals surface area contributed by atoms with Crippen molar-refractivity contribution < 1.29 is 13.2 Å². The van der Waals surface area contributed by atoms with E-state index in [1.807, 2.05) is 24.3 Å². The van der Waals surface area contributed by atoms with Crippen molar-refractivity contribution >= 4 is 5.69 Å². The monoisotopic (exact) mass is 320 g/mol. The predicted octanol–water partition coefficient (Wildman–Crippen LogP) is 4.12. The summed E-state index contributed by atoms with van der Waals surface area (Å²) >= 11 is 0. The molecule has 0 atom stereocenters. The Morgan fingerprint density at radius 2 is 1.43 bits per heavy atom. The minimum absolute atomic E-state index is 0.593. The molecule has 1 saturated heterocycles. The van der Waals surface area contributed by atoms with Gasteiger partial charge < -0.3 is 9.80 Å². The van der Waals surface area contributed by atoms with E-state index in [4.69, 9.17) is 0 Å². The van der Waals surface area contributed by atoms with Crippen LogP contribution in [-0.4, -0.2) is 38.1 Å². The summed E-state index contributed by atoms with van der Waals surface area (Å²) in [6.07, 6.45) is -4.31. The molecule has 0 amide bonds. The Kier molecular flexibility index (Phi) is 4.31. The molecule has 1 aliphatic heterocycles. The van der Waals surface area contributed by atoms with Crippen molar-refractivity contribution in [3.05, 3.63) is 54.1 Å². The van der Waals surface area contributed by atoms with Gasteiger partial charge in [0.05, 0.1) is 5.56 Å². The molecule has 0 radical (unpaired) electrons. The summed E-state index contributed by atoms with van der Waals surface area (Å²) in [5.74, 6) is 0. The molecule has 0 unspecified atom stereocenters. The molecule has 1 aliphatic rings. The molecule has 122 valence electrons. The zero-order chi connectivity index (χ0) is 16.4. The Bertz CT molecular complexity index is 674. The lowest BCUT2D eigenvalue weighted by molar-refractivity contribution is -0.137. The lowest BCUT2D eigenvalue weighted by atomic mass is 10.0. The number of alkyl halides is 3. The van der Waals surface area contributed by atoms with Crippen LogP contribution in [-0.2, 0) is 6.18 Å². The molecule has 2 nitrogen and oxygen atoms in total. The van der Waals surface area contributed by atoms with Crippen LogP contribution in [0, 0.1) is 0 Å². The van der Waals surface area contributed by atoms with Crippen molar-refractivity contribution in [3.63, 3.8) is 0 Å². The van der Waals surface area contributed by atoms with E-state index < -0.39 is 11.7 Å². The highest BCUT2D eigenvalue weighted by Crippen LogP contribution is 2.33. The van der Waals surface area contributed by atoms with Crippen LogP contribution in [0.4, 0.5) is 18.9 Å². The van der Waals surface area contributed by atoms with Crippen LogP contribution in [0.5, 0.6) is 0 Å². The summed E-state index contributed by atoms with van der Waals surface area (Å²) < 4.78 is 38.6. The lowest BCUT2D eigenvalue weighted by Crippen LogP contribution is -2.44. The van der Waals surface area contributed by atoms with Crippen molar-refractivity contribution in [1.82, 2.24) is 4.90 Å². The molecular weight excluding hydrogens is 301 g/mol. The van der Waals surface area contributed by atoms with E-state index in [0.717, 1.165) is 43.5 Å². The second-order valence-electron chi connectivity index (χ2n) is 5.92. The topological polar surface area (TPSA) is 6.48 Å². The maximum Gasteiger partial charge on any atom is 0.416 e. The third-order valence-electron chi connectivity index (χ3n) is 4.24. The van der Waals surface area contributed by atoms with Gasteiger partial charge in [-0.25, -0.2) is 0 Å². The van der Waals surface area contributed by atoms with Gasteiger partial charge in [-0.05, 0) is 42.4 Å². The Morgan fingerprint density at radius 3 is 2.09 bits per heavy atom. The van der Waals surface area contributed by atoms with E-state index in [1.165, 1.54) is 12.1 Å². The van der Waals surface area contributed by atoms with Crippen molar-refractivity contribution in [2.75, 3.05) is 38.1 Å². The molecule has 2 aromatic carbocycles. The number of hydrogen-bond acceptors (Lipinski definition) is 2. The van der Waals surface area contributed by atoms with Crippen LogP contribution in [0.2, 0.25) is 0 Å². The summed E-state index contributed by atoms with van der Waals surface area (Å²) in [4.78, 5) is 4.55. The van der Waals surface area contributed by atoms with E-state index in [2.05, 4.69) is 16.8 Å². The number of halogens is 3. The molecule has 1 heterocycles. The SMILES string of the molecule is CN1CCN(c2cccc(-c3cccc(C(F)(F)F)c3)c2)CC1. The first-order valence-corrected chi connectivity index (χ1v) is 7.65. The quantitative estimate of drug-likeness (QED) is 0.821. The lowest BCUT2D eigenvalue weighted by Gasteiger charge is -2.34. The molecule has 5 heteroatoms. The fourth-order valence-electron chi connectivity index (χ4n) is 2.82. The average molecular weight is 320 g/mol. The van der Waals surface area contributed by atoms with Crippen LogP contribution in [0.25, 0.3) is 11.1 Å². The fourth-order valence-corrected chi connectivity index (χ4v) is 2.82. The van der Waals surface area contributed by atoms with Gasteiger partial charge in [0, 0.05) is 31.9 Å². The number of benzene rings is 2. The summed E-state index contributed by atoms with van der Waals surface area (Å²) in [5, 5.41) is 0. The van der Waals surface area contributed by atoms with E-state index in [9.17, 15) is 13.2 Å². The molecule has 0 aromatic heterocycles. The van der Waals surface area contributed by atoms with Gasteiger partial charge in [-0.15, -0.1) is 0 Å². The van der Waals surface area contributed by atoms with E-state index in [0.29, 0.717) is 5.56 Å². The van der Waals surface area contributed by atoms with Gasteiger partial charge in [-0.1, -0.05) is 24.3 Å². The van der Waals surface area contributed by atoms with Gasteiger partial charge in [0.25, 0.3) is 0 Å². The van der Waals surface area contributed by atoms with Gasteiger partial charge >= 0.3 is 6.18 Å². The number of piperazine rings is 1. The maximum atomic E-state index is 12.9. The smallest absolute Gasteiger partial charge is 0.369 e. The molecule has 0 bridgehead atoms. The summed E-state index contributed by atoms with van der Waals surface area (Å²) in [7, 11) is 2.09. The van der Waals surface area contributed by atoms with Gasteiger partial charge in [0.1, 0.15) is 0 Å². The first-order valence-electron chi connectivity index (χ1n) is 7.65. The third kappa shape index (κ3) is 3.67. The number of nitrogens with zero attached hydrogens (tertiary/aromatic N) is 2. The number of anilines is 1. The maximum absolute atomic E-state index is 12.9. The minimum Gasteiger partial charge on any atom is -0.369 e. The fraction of sp³-hybridized carbons (Fsp3) is 0.333. The highest BCUT2D eigenvalue weighted by atomic mass is 19.4. The van der Waals surface area contributed by atoms with Crippen molar-refractivity contribution in [2.24, 2.45) is 0 Å². The average Bonchev–Trinajstić information content (AvgIpc) is 2.55. The van der Waals surface area contributed by atoms with Crippen LogP contribution in [0.3, 0.4) is 0 Å². The Balaban J connectivity index is 1.88. The molecule has 0 aliphatic carbocycles. The second kappa shape index (κ2) is 6.24. The van der Waals surface area contributed by atoms with Crippen LogP contribution < -0.4 is 4.90 Å². The first-order chi connectivity index (χ1) is 10.9. The summed E-state index contributed by atoms with van der Waals surface area (Å²) in [5.41, 5.74) is 1.86. The van der Waals surface area contributed by atoms with Crippen molar-refractivity contribution in [3.8, 4) is 11.1 Å². The third-order valence-corrected chi connectivity index (χ3v) is 4.24. The van der Waals surface area contributed by atoms with Crippen LogP contribution in [0.15, 0.2) is 48.5 Å².